The molecule has 0 radical (unpaired) electrons. The van der Waals surface area contributed by atoms with Crippen LogP contribution in [0.15, 0.2) is 54.9 Å². The highest BCUT2D eigenvalue weighted by atomic mass is 16.5. The van der Waals surface area contributed by atoms with Gasteiger partial charge in [-0.25, -0.2) is 4.68 Å². The van der Waals surface area contributed by atoms with Gasteiger partial charge in [0.05, 0.1) is 19.1 Å². The molecule has 1 aliphatic rings. The van der Waals surface area contributed by atoms with Gasteiger partial charge in [0.25, 0.3) is 5.91 Å². The maximum Gasteiger partial charge on any atom is 0.262 e. The Bertz CT molecular complexity index is 1050. The lowest BCUT2D eigenvalue weighted by Gasteiger charge is -2.24. The number of hydrogen-bond acceptors (Lipinski definition) is 6. The van der Waals surface area contributed by atoms with Gasteiger partial charge in [0.15, 0.2) is 18.1 Å². The van der Waals surface area contributed by atoms with Gasteiger partial charge in [-0.05, 0) is 36.8 Å². The highest BCUT2D eigenvalue weighted by Gasteiger charge is 2.28. The van der Waals surface area contributed by atoms with Crippen LogP contribution >= 0.6 is 0 Å². The molecule has 9 heteroatoms. The number of benzene rings is 2. The fourth-order valence-corrected chi connectivity index (χ4v) is 3.25. The van der Waals surface area contributed by atoms with Gasteiger partial charge >= 0.3 is 0 Å². The van der Waals surface area contributed by atoms with Gasteiger partial charge in [-0.15, -0.1) is 0 Å². The quantitative estimate of drug-likeness (QED) is 0.623. The second-order valence-corrected chi connectivity index (χ2v) is 6.64. The molecule has 0 saturated heterocycles. The zero-order chi connectivity index (χ0) is 20.9. The molecule has 1 aliphatic heterocycles. The summed E-state index contributed by atoms with van der Waals surface area (Å²) >= 11 is 0. The number of fused-ring (bicyclic) bond motifs is 1. The normalized spacial score (nSPS) is 15.1. The van der Waals surface area contributed by atoms with Crippen molar-refractivity contribution in [2.24, 2.45) is 0 Å². The van der Waals surface area contributed by atoms with Gasteiger partial charge in [0.2, 0.25) is 11.9 Å². The Morgan fingerprint density at radius 3 is 2.83 bits per heavy atom. The molecule has 3 aromatic rings. The van der Waals surface area contributed by atoms with E-state index < -0.39 is 0 Å². The summed E-state index contributed by atoms with van der Waals surface area (Å²) < 4.78 is 13.1. The summed E-state index contributed by atoms with van der Waals surface area (Å²) in [5.41, 5.74) is 1.53. The Hall–Kier alpha value is -3.88. The van der Waals surface area contributed by atoms with E-state index in [1.807, 2.05) is 37.3 Å². The Morgan fingerprint density at radius 1 is 1.20 bits per heavy atom. The van der Waals surface area contributed by atoms with Crippen LogP contribution < -0.4 is 20.1 Å². The number of carbonyl (C=O) groups is 2. The van der Waals surface area contributed by atoms with Crippen LogP contribution in [0.5, 0.6) is 11.5 Å². The number of anilines is 2. The van der Waals surface area contributed by atoms with Crippen molar-refractivity contribution < 1.29 is 19.1 Å². The maximum atomic E-state index is 12.2. The lowest BCUT2D eigenvalue weighted by atomic mass is 10.0. The number of amides is 2. The minimum atomic E-state index is -0.300. The molecule has 2 heterocycles. The van der Waals surface area contributed by atoms with E-state index in [1.54, 1.807) is 22.9 Å². The molecule has 154 valence electrons. The number of rotatable bonds is 7. The smallest absolute Gasteiger partial charge is 0.262 e. The number of aromatic nitrogens is 3. The van der Waals surface area contributed by atoms with Crippen LogP contribution in [-0.2, 0) is 9.59 Å². The van der Waals surface area contributed by atoms with Crippen molar-refractivity contribution in [1.82, 2.24) is 14.8 Å². The SMILES string of the molecule is CCOc1cc([C@@H]2CC(=O)Nc3ncnn32)ccc1OCC(=O)Nc1ccccc1. The number of nitrogens with one attached hydrogen (secondary N) is 2. The molecule has 9 nitrogen and oxygen atoms in total. The fourth-order valence-electron chi connectivity index (χ4n) is 3.25. The van der Waals surface area contributed by atoms with Gasteiger partial charge < -0.3 is 14.8 Å². The van der Waals surface area contributed by atoms with E-state index in [9.17, 15) is 9.59 Å². The first-order valence-electron chi connectivity index (χ1n) is 9.58. The Kier molecular flexibility index (Phi) is 5.60. The zero-order valence-electron chi connectivity index (χ0n) is 16.4. The van der Waals surface area contributed by atoms with E-state index in [0.717, 1.165) is 5.56 Å². The van der Waals surface area contributed by atoms with Crippen molar-refractivity contribution >= 4 is 23.5 Å². The predicted molar refractivity (Wildman–Crippen MR) is 110 cm³/mol. The first kappa shape index (κ1) is 19.4. The average molecular weight is 407 g/mol. The first-order valence-corrected chi connectivity index (χ1v) is 9.58. The third kappa shape index (κ3) is 4.24. The number of nitrogens with zero attached hydrogens (tertiary/aromatic N) is 3. The molecular formula is C21H21N5O4. The summed E-state index contributed by atoms with van der Waals surface area (Å²) in [6.07, 6.45) is 1.64. The van der Waals surface area contributed by atoms with Crippen molar-refractivity contribution in [2.45, 2.75) is 19.4 Å². The second kappa shape index (κ2) is 8.64. The number of carbonyl (C=O) groups excluding carboxylic acids is 2. The molecule has 0 saturated carbocycles. The third-order valence-electron chi connectivity index (χ3n) is 4.57. The van der Waals surface area contributed by atoms with Crippen LogP contribution in [0.1, 0.15) is 24.9 Å². The van der Waals surface area contributed by atoms with Crippen molar-refractivity contribution in [3.05, 3.63) is 60.4 Å². The van der Waals surface area contributed by atoms with Crippen LogP contribution in [0.3, 0.4) is 0 Å². The van der Waals surface area contributed by atoms with Crippen molar-refractivity contribution in [3.63, 3.8) is 0 Å². The van der Waals surface area contributed by atoms with E-state index in [-0.39, 0.29) is 30.9 Å². The van der Waals surface area contributed by atoms with E-state index in [1.165, 1.54) is 6.33 Å². The van der Waals surface area contributed by atoms with Crippen LogP contribution in [-0.4, -0.2) is 39.8 Å². The number of ether oxygens (including phenoxy) is 2. The van der Waals surface area contributed by atoms with Gasteiger partial charge in [0, 0.05) is 5.69 Å². The molecule has 0 spiro atoms. The predicted octanol–water partition coefficient (Wildman–Crippen LogP) is 2.63. The van der Waals surface area contributed by atoms with E-state index >= 15 is 0 Å². The van der Waals surface area contributed by atoms with Crippen LogP contribution in [0, 0.1) is 0 Å². The summed E-state index contributed by atoms with van der Waals surface area (Å²) in [5.74, 6) is 0.950. The van der Waals surface area contributed by atoms with Crippen molar-refractivity contribution in [2.75, 3.05) is 23.8 Å². The lowest BCUT2D eigenvalue weighted by Crippen LogP contribution is -2.29. The van der Waals surface area contributed by atoms with Crippen molar-refractivity contribution in [3.8, 4) is 11.5 Å². The molecule has 2 N–H and O–H groups in total. The topological polar surface area (TPSA) is 107 Å². The van der Waals surface area contributed by atoms with Gasteiger partial charge in [-0.1, -0.05) is 24.3 Å². The van der Waals surface area contributed by atoms with Crippen LogP contribution in [0.2, 0.25) is 0 Å². The summed E-state index contributed by atoms with van der Waals surface area (Å²) in [4.78, 5) is 28.3. The Labute approximate surface area is 173 Å². The van der Waals surface area contributed by atoms with Gasteiger partial charge in [-0.3, -0.25) is 14.9 Å². The first-order chi connectivity index (χ1) is 14.6. The maximum absolute atomic E-state index is 12.2. The third-order valence-corrected chi connectivity index (χ3v) is 4.57. The standard InChI is InChI=1S/C21H21N5O4/c1-2-29-18-10-14(16-11-19(27)25-21-22-13-23-26(16)21)8-9-17(18)30-12-20(28)24-15-6-4-3-5-7-15/h3-10,13,16H,2,11-12H2,1H3,(H,24,28)(H,22,23,25,27)/t16-/m0/s1. The van der Waals surface area contributed by atoms with E-state index in [0.29, 0.717) is 29.7 Å². The van der Waals surface area contributed by atoms with Crippen LogP contribution in [0.25, 0.3) is 0 Å². The molecule has 0 bridgehead atoms. The van der Waals surface area contributed by atoms with Crippen molar-refractivity contribution in [1.29, 1.82) is 0 Å². The molecule has 0 unspecified atom stereocenters. The van der Waals surface area contributed by atoms with Crippen LogP contribution in [0.4, 0.5) is 11.6 Å². The largest absolute Gasteiger partial charge is 0.490 e. The van der Waals surface area contributed by atoms with Gasteiger partial charge in [-0.2, -0.15) is 10.1 Å². The minimum absolute atomic E-state index is 0.128. The fraction of sp³-hybridized carbons (Fsp3) is 0.238. The molecular weight excluding hydrogens is 386 g/mol. The molecule has 0 aliphatic carbocycles. The second-order valence-electron chi connectivity index (χ2n) is 6.64. The summed E-state index contributed by atoms with van der Waals surface area (Å²) in [6, 6.07) is 14.2. The minimum Gasteiger partial charge on any atom is -0.490 e. The molecule has 2 aromatic carbocycles. The molecule has 0 fully saturated rings. The van der Waals surface area contributed by atoms with E-state index in [2.05, 4.69) is 20.7 Å². The average Bonchev–Trinajstić information content (AvgIpc) is 3.21. The Morgan fingerprint density at radius 2 is 2.03 bits per heavy atom. The highest BCUT2D eigenvalue weighted by Crippen LogP contribution is 2.35. The summed E-state index contributed by atoms with van der Waals surface area (Å²) in [5, 5.41) is 9.68. The Balaban J connectivity index is 1.50. The summed E-state index contributed by atoms with van der Waals surface area (Å²) in [7, 11) is 0. The molecule has 2 amide bonds. The monoisotopic (exact) mass is 407 g/mol. The molecule has 4 rings (SSSR count). The van der Waals surface area contributed by atoms with E-state index in [4.69, 9.17) is 9.47 Å². The number of para-hydroxylation sites is 1. The highest BCUT2D eigenvalue weighted by molar-refractivity contribution is 5.92. The molecule has 1 aromatic heterocycles. The summed E-state index contributed by atoms with van der Waals surface area (Å²) in [6.45, 7) is 2.13. The zero-order valence-corrected chi connectivity index (χ0v) is 16.4. The van der Waals surface area contributed by atoms with Gasteiger partial charge in [0.1, 0.15) is 6.33 Å². The molecule has 30 heavy (non-hydrogen) atoms. The lowest BCUT2D eigenvalue weighted by molar-refractivity contribution is -0.118. The molecule has 1 atom stereocenters. The number of hydrogen-bond donors (Lipinski definition) is 2.